The normalized spacial score (nSPS) is 10.6. The number of halogens is 1. The number of ether oxygens (including phenoxy) is 1. The number of amides is 2. The summed E-state index contributed by atoms with van der Waals surface area (Å²) in [6.07, 6.45) is 1.45. The van der Waals surface area contributed by atoms with Crippen LogP contribution in [0.1, 0.15) is 31.8 Å². The molecule has 0 aliphatic heterocycles. The second-order valence-corrected chi connectivity index (χ2v) is 7.94. The quantitative estimate of drug-likeness (QED) is 0.157. The van der Waals surface area contributed by atoms with Crippen molar-refractivity contribution in [2.45, 2.75) is 6.92 Å². The number of aryl methyl sites for hydroxylation is 1. The van der Waals surface area contributed by atoms with E-state index in [1.165, 1.54) is 6.21 Å². The molecule has 0 saturated carbocycles. The molecular formula is C24H20IN3O4. The minimum atomic E-state index is -0.454. The van der Waals surface area contributed by atoms with Gasteiger partial charge in [-0.1, -0.05) is 29.8 Å². The molecule has 0 bridgehead atoms. The van der Waals surface area contributed by atoms with Gasteiger partial charge in [0.1, 0.15) is 5.75 Å². The van der Waals surface area contributed by atoms with Crippen LogP contribution in [0.2, 0.25) is 0 Å². The molecule has 0 aromatic heterocycles. The molecule has 3 aromatic carbocycles. The van der Waals surface area contributed by atoms with Gasteiger partial charge >= 0.3 is 5.97 Å². The van der Waals surface area contributed by atoms with Crippen molar-refractivity contribution in [1.29, 1.82) is 0 Å². The Morgan fingerprint density at radius 2 is 1.66 bits per heavy atom. The fraction of sp³-hybridized carbons (Fsp3) is 0.0833. The van der Waals surface area contributed by atoms with Gasteiger partial charge in [-0.05, 0) is 83.6 Å². The zero-order valence-corrected chi connectivity index (χ0v) is 19.3. The molecule has 0 atom stereocenters. The third-order valence-corrected chi connectivity index (χ3v) is 5.25. The van der Waals surface area contributed by atoms with Crippen LogP contribution < -0.4 is 15.5 Å². The molecule has 0 saturated heterocycles. The fourth-order valence-corrected chi connectivity index (χ4v) is 3.23. The van der Waals surface area contributed by atoms with Crippen LogP contribution in [0.3, 0.4) is 0 Å². The third-order valence-electron chi connectivity index (χ3n) is 4.31. The number of esters is 1. The first-order valence-corrected chi connectivity index (χ1v) is 10.7. The topological polar surface area (TPSA) is 96.9 Å². The molecule has 162 valence electrons. The summed E-state index contributed by atoms with van der Waals surface area (Å²) in [4.78, 5) is 36.1. The first kappa shape index (κ1) is 23.1. The molecule has 2 amide bonds. The third kappa shape index (κ3) is 6.74. The zero-order chi connectivity index (χ0) is 22.9. The van der Waals surface area contributed by atoms with Crippen molar-refractivity contribution < 1.29 is 19.1 Å². The molecule has 0 aliphatic carbocycles. The number of carbonyl (C=O) groups is 3. The highest BCUT2D eigenvalue weighted by Crippen LogP contribution is 2.14. The number of carbonyl (C=O) groups excluding carboxylic acids is 3. The molecule has 8 heteroatoms. The molecular weight excluding hydrogens is 521 g/mol. The first-order chi connectivity index (χ1) is 15.4. The number of hydrazone groups is 1. The van der Waals surface area contributed by atoms with Crippen LogP contribution in [0.25, 0.3) is 0 Å². The van der Waals surface area contributed by atoms with Crippen LogP contribution in [-0.4, -0.2) is 30.5 Å². The Kier molecular flexibility index (Phi) is 8.09. The summed E-state index contributed by atoms with van der Waals surface area (Å²) in [6.45, 7) is 1.74. The van der Waals surface area contributed by atoms with Gasteiger partial charge in [0.05, 0.1) is 23.9 Å². The minimum Gasteiger partial charge on any atom is -0.423 e. The lowest BCUT2D eigenvalue weighted by Gasteiger charge is -2.06. The molecule has 32 heavy (non-hydrogen) atoms. The van der Waals surface area contributed by atoms with Crippen molar-refractivity contribution in [3.05, 3.63) is 98.6 Å². The Bertz CT molecular complexity index is 1140. The Labute approximate surface area is 199 Å². The van der Waals surface area contributed by atoms with Gasteiger partial charge in [-0.15, -0.1) is 0 Å². The van der Waals surface area contributed by atoms with E-state index in [2.05, 4.69) is 38.4 Å². The molecule has 0 fully saturated rings. The molecule has 0 aliphatic rings. The maximum atomic E-state index is 12.1. The molecule has 0 heterocycles. The van der Waals surface area contributed by atoms with E-state index in [1.54, 1.807) is 48.5 Å². The van der Waals surface area contributed by atoms with Crippen molar-refractivity contribution >= 4 is 46.6 Å². The van der Waals surface area contributed by atoms with E-state index in [1.807, 2.05) is 31.2 Å². The van der Waals surface area contributed by atoms with Gasteiger partial charge in [0.2, 0.25) is 0 Å². The van der Waals surface area contributed by atoms with Crippen LogP contribution in [-0.2, 0) is 4.79 Å². The lowest BCUT2D eigenvalue weighted by atomic mass is 10.1. The van der Waals surface area contributed by atoms with E-state index >= 15 is 0 Å². The van der Waals surface area contributed by atoms with Crippen LogP contribution >= 0.6 is 22.6 Å². The van der Waals surface area contributed by atoms with Crippen LogP contribution in [0, 0.1) is 10.5 Å². The second kappa shape index (κ2) is 11.2. The Hall–Kier alpha value is -3.53. The van der Waals surface area contributed by atoms with Crippen molar-refractivity contribution in [3.63, 3.8) is 0 Å². The minimum absolute atomic E-state index is 0.199. The lowest BCUT2D eigenvalue weighted by Crippen LogP contribution is -2.35. The predicted molar refractivity (Wildman–Crippen MR) is 130 cm³/mol. The average molecular weight is 541 g/mol. The van der Waals surface area contributed by atoms with Crippen molar-refractivity contribution in [2.75, 3.05) is 6.54 Å². The van der Waals surface area contributed by atoms with Gasteiger partial charge < -0.3 is 10.1 Å². The number of nitrogens with zero attached hydrogens (tertiary/aromatic N) is 1. The summed E-state index contributed by atoms with van der Waals surface area (Å²) in [7, 11) is 0. The molecule has 0 radical (unpaired) electrons. The smallest absolute Gasteiger partial charge is 0.343 e. The van der Waals surface area contributed by atoms with E-state index in [9.17, 15) is 14.4 Å². The molecule has 2 N–H and O–H groups in total. The van der Waals surface area contributed by atoms with Gasteiger partial charge in [0.15, 0.2) is 0 Å². The summed E-state index contributed by atoms with van der Waals surface area (Å²) < 4.78 is 6.14. The largest absolute Gasteiger partial charge is 0.423 e. The van der Waals surface area contributed by atoms with Gasteiger partial charge in [-0.25, -0.2) is 10.2 Å². The van der Waals surface area contributed by atoms with E-state index in [0.717, 1.165) is 9.13 Å². The molecule has 3 aromatic rings. The number of nitrogens with one attached hydrogen (secondary N) is 2. The summed E-state index contributed by atoms with van der Waals surface area (Å²) in [5, 5.41) is 6.42. The molecule has 3 rings (SSSR count). The first-order valence-electron chi connectivity index (χ1n) is 9.66. The Morgan fingerprint density at radius 3 is 2.34 bits per heavy atom. The van der Waals surface area contributed by atoms with E-state index in [-0.39, 0.29) is 12.5 Å². The van der Waals surface area contributed by atoms with E-state index in [0.29, 0.717) is 22.4 Å². The van der Waals surface area contributed by atoms with Gasteiger partial charge in [0, 0.05) is 3.57 Å². The lowest BCUT2D eigenvalue weighted by molar-refractivity contribution is -0.120. The molecule has 0 spiro atoms. The Morgan fingerprint density at radius 1 is 0.969 bits per heavy atom. The summed E-state index contributed by atoms with van der Waals surface area (Å²) in [6, 6.07) is 20.9. The van der Waals surface area contributed by atoms with Crippen molar-refractivity contribution in [1.82, 2.24) is 10.7 Å². The number of hydrogen-bond acceptors (Lipinski definition) is 5. The highest BCUT2D eigenvalue weighted by atomic mass is 127. The molecule has 0 unspecified atom stereocenters. The highest BCUT2D eigenvalue weighted by molar-refractivity contribution is 14.1. The predicted octanol–water partition coefficient (Wildman–Crippen LogP) is 3.70. The van der Waals surface area contributed by atoms with E-state index in [4.69, 9.17) is 4.74 Å². The number of hydrogen-bond donors (Lipinski definition) is 2. The van der Waals surface area contributed by atoms with Crippen LogP contribution in [0.4, 0.5) is 0 Å². The van der Waals surface area contributed by atoms with Crippen LogP contribution in [0.5, 0.6) is 5.75 Å². The fourth-order valence-electron chi connectivity index (χ4n) is 2.60. The van der Waals surface area contributed by atoms with Gasteiger partial charge in [0.25, 0.3) is 11.8 Å². The molecule has 7 nitrogen and oxygen atoms in total. The highest BCUT2D eigenvalue weighted by Gasteiger charge is 2.10. The standard InChI is InChI=1S/C24H20IN3O4/c1-16-6-10-18(11-7-16)24(31)32-19-12-8-17(9-13-19)14-27-28-22(29)15-26-23(30)20-4-2-3-5-21(20)25/h2-14H,15H2,1H3,(H,26,30)(H,28,29)/b27-14+. The number of benzene rings is 3. The van der Waals surface area contributed by atoms with Crippen LogP contribution in [0.15, 0.2) is 77.9 Å². The number of rotatable bonds is 7. The monoisotopic (exact) mass is 541 g/mol. The summed E-state index contributed by atoms with van der Waals surface area (Å²) in [5.41, 5.74) is 5.09. The SMILES string of the molecule is Cc1ccc(C(=O)Oc2ccc(/C=N/NC(=O)CNC(=O)c3ccccc3I)cc2)cc1. The summed E-state index contributed by atoms with van der Waals surface area (Å²) in [5.74, 6) is -0.824. The average Bonchev–Trinajstić information content (AvgIpc) is 2.79. The summed E-state index contributed by atoms with van der Waals surface area (Å²) >= 11 is 2.06. The maximum Gasteiger partial charge on any atom is 0.343 e. The van der Waals surface area contributed by atoms with Gasteiger partial charge in [-0.2, -0.15) is 5.10 Å². The van der Waals surface area contributed by atoms with Crippen molar-refractivity contribution in [2.24, 2.45) is 5.10 Å². The Balaban J connectivity index is 1.45. The maximum absolute atomic E-state index is 12.1. The zero-order valence-electron chi connectivity index (χ0n) is 17.2. The second-order valence-electron chi connectivity index (χ2n) is 6.78. The van der Waals surface area contributed by atoms with Crippen molar-refractivity contribution in [3.8, 4) is 5.75 Å². The van der Waals surface area contributed by atoms with E-state index < -0.39 is 11.9 Å². The van der Waals surface area contributed by atoms with Gasteiger partial charge in [-0.3, -0.25) is 9.59 Å².